The van der Waals surface area contributed by atoms with Crippen molar-refractivity contribution in [3.8, 4) is 5.75 Å². The Morgan fingerprint density at radius 3 is 2.50 bits per heavy atom. The lowest BCUT2D eigenvalue weighted by Gasteiger charge is -2.26. The number of aryl methyl sites for hydroxylation is 1. The molecule has 0 bridgehead atoms. The minimum atomic E-state index is 0. The molecule has 1 saturated heterocycles. The van der Waals surface area contributed by atoms with Gasteiger partial charge in [-0.05, 0) is 43.5 Å². The number of rotatable bonds is 8. The normalized spacial score (nSPS) is 14.7. The third kappa shape index (κ3) is 8.60. The molecule has 176 valence electrons. The molecule has 0 radical (unpaired) electrons. The Labute approximate surface area is 209 Å². The summed E-state index contributed by atoms with van der Waals surface area (Å²) in [5, 5.41) is 6.83. The summed E-state index contributed by atoms with van der Waals surface area (Å²) in [4.78, 5) is 6.81. The summed E-state index contributed by atoms with van der Waals surface area (Å²) < 4.78 is 11.4. The van der Waals surface area contributed by atoms with Gasteiger partial charge in [0.25, 0.3) is 0 Å². The number of morpholine rings is 1. The molecule has 1 aliphatic heterocycles. The Kier molecular flexibility index (Phi) is 11.3. The van der Waals surface area contributed by atoms with Crippen molar-refractivity contribution in [1.82, 2.24) is 15.5 Å². The van der Waals surface area contributed by atoms with Gasteiger partial charge in [-0.2, -0.15) is 0 Å². The van der Waals surface area contributed by atoms with E-state index in [4.69, 9.17) is 9.47 Å². The van der Waals surface area contributed by atoms with Crippen LogP contribution in [-0.2, 0) is 24.4 Å². The van der Waals surface area contributed by atoms with Crippen LogP contribution in [0.1, 0.15) is 36.1 Å². The first-order valence-corrected chi connectivity index (χ1v) is 11.1. The standard InChI is InChI=1S/C25H36N4O2.HI/c1-19(2)31-24-14-20(3)8-9-23(24)17-28-25(26-4)27-16-21-6-5-7-22(15-21)18-29-10-12-30-13-11-29;/h5-9,14-15,19H,10-13,16-18H2,1-4H3,(H2,26,27,28);1H. The number of halogens is 1. The molecule has 0 aromatic heterocycles. The SMILES string of the molecule is CN=C(NCc1cccc(CN2CCOCC2)c1)NCc1ccc(C)cc1OC(C)C.I. The van der Waals surface area contributed by atoms with Gasteiger partial charge in [-0.3, -0.25) is 9.89 Å². The molecule has 6 nitrogen and oxygen atoms in total. The molecule has 0 spiro atoms. The molecule has 0 aliphatic carbocycles. The number of hydrogen-bond acceptors (Lipinski definition) is 4. The first-order valence-electron chi connectivity index (χ1n) is 11.1. The molecule has 32 heavy (non-hydrogen) atoms. The summed E-state index contributed by atoms with van der Waals surface area (Å²) in [6, 6.07) is 15.1. The molecular formula is C25H37IN4O2. The average molecular weight is 553 g/mol. The smallest absolute Gasteiger partial charge is 0.191 e. The van der Waals surface area contributed by atoms with Crippen molar-refractivity contribution in [3.63, 3.8) is 0 Å². The number of ether oxygens (including phenoxy) is 2. The molecule has 2 aromatic rings. The second-order valence-corrected chi connectivity index (χ2v) is 8.27. The van der Waals surface area contributed by atoms with Crippen LogP contribution in [0.4, 0.5) is 0 Å². The van der Waals surface area contributed by atoms with Gasteiger partial charge in [0, 0.05) is 45.3 Å². The van der Waals surface area contributed by atoms with Crippen LogP contribution in [0.2, 0.25) is 0 Å². The van der Waals surface area contributed by atoms with E-state index in [9.17, 15) is 0 Å². The van der Waals surface area contributed by atoms with Crippen molar-refractivity contribution in [1.29, 1.82) is 0 Å². The van der Waals surface area contributed by atoms with E-state index in [2.05, 4.69) is 69.9 Å². The molecule has 0 amide bonds. The van der Waals surface area contributed by atoms with Crippen molar-refractivity contribution < 1.29 is 9.47 Å². The molecule has 1 aliphatic rings. The van der Waals surface area contributed by atoms with Crippen LogP contribution in [-0.4, -0.2) is 50.3 Å². The lowest BCUT2D eigenvalue weighted by atomic mass is 10.1. The number of aliphatic imine (C=N–C) groups is 1. The van der Waals surface area contributed by atoms with E-state index >= 15 is 0 Å². The van der Waals surface area contributed by atoms with E-state index in [1.54, 1.807) is 7.05 Å². The van der Waals surface area contributed by atoms with Gasteiger partial charge in [0.15, 0.2) is 5.96 Å². The predicted octanol–water partition coefficient (Wildman–Crippen LogP) is 4.10. The second kappa shape index (κ2) is 13.6. The minimum Gasteiger partial charge on any atom is -0.491 e. The highest BCUT2D eigenvalue weighted by molar-refractivity contribution is 14.0. The Morgan fingerprint density at radius 2 is 1.78 bits per heavy atom. The zero-order chi connectivity index (χ0) is 22.1. The zero-order valence-electron chi connectivity index (χ0n) is 19.7. The van der Waals surface area contributed by atoms with Crippen LogP contribution in [0.15, 0.2) is 47.5 Å². The van der Waals surface area contributed by atoms with Crippen LogP contribution in [0.25, 0.3) is 0 Å². The van der Waals surface area contributed by atoms with Crippen molar-refractivity contribution in [2.45, 2.75) is 46.5 Å². The number of hydrogen-bond donors (Lipinski definition) is 2. The Morgan fingerprint density at radius 1 is 1.06 bits per heavy atom. The average Bonchev–Trinajstić information content (AvgIpc) is 2.75. The van der Waals surface area contributed by atoms with E-state index < -0.39 is 0 Å². The first kappa shape index (κ1) is 26.4. The fourth-order valence-corrected chi connectivity index (χ4v) is 3.61. The Balaban J connectivity index is 0.00000363. The number of nitrogens with one attached hydrogen (secondary N) is 2. The maximum atomic E-state index is 5.98. The van der Waals surface area contributed by atoms with Crippen LogP contribution in [0.3, 0.4) is 0 Å². The van der Waals surface area contributed by atoms with E-state index in [1.165, 1.54) is 16.7 Å². The molecule has 0 atom stereocenters. The molecule has 1 fully saturated rings. The maximum absolute atomic E-state index is 5.98. The van der Waals surface area contributed by atoms with Gasteiger partial charge in [-0.25, -0.2) is 0 Å². The molecule has 1 heterocycles. The summed E-state index contributed by atoms with van der Waals surface area (Å²) in [6.07, 6.45) is 0.141. The Bertz CT molecular complexity index is 867. The van der Waals surface area contributed by atoms with Gasteiger partial charge < -0.3 is 20.1 Å². The lowest BCUT2D eigenvalue weighted by Crippen LogP contribution is -2.36. The lowest BCUT2D eigenvalue weighted by molar-refractivity contribution is 0.0342. The van der Waals surface area contributed by atoms with E-state index in [1.807, 2.05) is 13.8 Å². The van der Waals surface area contributed by atoms with Crippen LogP contribution < -0.4 is 15.4 Å². The number of guanidine groups is 1. The number of benzene rings is 2. The fraction of sp³-hybridized carbons (Fsp3) is 0.480. The quantitative estimate of drug-likeness (QED) is 0.294. The molecule has 7 heteroatoms. The molecule has 0 unspecified atom stereocenters. The summed E-state index contributed by atoms with van der Waals surface area (Å²) in [5.41, 5.74) is 4.89. The van der Waals surface area contributed by atoms with Gasteiger partial charge in [0.2, 0.25) is 0 Å². The third-order valence-corrected chi connectivity index (χ3v) is 5.22. The van der Waals surface area contributed by atoms with Crippen LogP contribution in [0, 0.1) is 6.92 Å². The highest BCUT2D eigenvalue weighted by Gasteiger charge is 2.11. The highest BCUT2D eigenvalue weighted by Crippen LogP contribution is 2.21. The van der Waals surface area contributed by atoms with Crippen molar-refractivity contribution in [2.24, 2.45) is 4.99 Å². The summed E-state index contributed by atoms with van der Waals surface area (Å²) >= 11 is 0. The first-order chi connectivity index (χ1) is 15.0. The molecule has 2 N–H and O–H groups in total. The van der Waals surface area contributed by atoms with Gasteiger partial charge in [-0.1, -0.05) is 36.4 Å². The van der Waals surface area contributed by atoms with Crippen molar-refractivity contribution in [3.05, 3.63) is 64.7 Å². The zero-order valence-corrected chi connectivity index (χ0v) is 22.0. The van der Waals surface area contributed by atoms with Crippen molar-refractivity contribution in [2.75, 3.05) is 33.4 Å². The van der Waals surface area contributed by atoms with Gasteiger partial charge in [0.05, 0.1) is 19.3 Å². The monoisotopic (exact) mass is 552 g/mol. The second-order valence-electron chi connectivity index (χ2n) is 8.27. The van der Waals surface area contributed by atoms with Crippen molar-refractivity contribution >= 4 is 29.9 Å². The fourth-order valence-electron chi connectivity index (χ4n) is 3.61. The van der Waals surface area contributed by atoms with E-state index in [0.717, 1.165) is 56.7 Å². The summed E-state index contributed by atoms with van der Waals surface area (Å²) in [6.45, 7) is 12.2. The van der Waals surface area contributed by atoms with Crippen LogP contribution >= 0.6 is 24.0 Å². The Hall–Kier alpha value is -1.84. The van der Waals surface area contributed by atoms with Gasteiger partial charge in [-0.15, -0.1) is 24.0 Å². The minimum absolute atomic E-state index is 0. The third-order valence-electron chi connectivity index (χ3n) is 5.22. The highest BCUT2D eigenvalue weighted by atomic mass is 127. The maximum Gasteiger partial charge on any atom is 0.191 e. The van der Waals surface area contributed by atoms with Gasteiger partial charge in [0.1, 0.15) is 5.75 Å². The predicted molar refractivity (Wildman–Crippen MR) is 142 cm³/mol. The molecule has 2 aromatic carbocycles. The number of nitrogens with zero attached hydrogens (tertiary/aromatic N) is 2. The van der Waals surface area contributed by atoms with Gasteiger partial charge >= 0.3 is 0 Å². The molecule has 0 saturated carbocycles. The largest absolute Gasteiger partial charge is 0.491 e. The van der Waals surface area contributed by atoms with E-state index in [0.29, 0.717) is 6.54 Å². The molecular weight excluding hydrogens is 515 g/mol. The topological polar surface area (TPSA) is 58.1 Å². The molecule has 3 rings (SSSR count). The summed E-state index contributed by atoms with van der Waals surface area (Å²) in [7, 11) is 1.80. The summed E-state index contributed by atoms with van der Waals surface area (Å²) in [5.74, 6) is 1.70. The van der Waals surface area contributed by atoms with E-state index in [-0.39, 0.29) is 30.1 Å². The van der Waals surface area contributed by atoms with Crippen LogP contribution in [0.5, 0.6) is 5.75 Å².